The highest BCUT2D eigenvalue weighted by molar-refractivity contribution is 5.83. The van der Waals surface area contributed by atoms with Crippen molar-refractivity contribution in [3.63, 3.8) is 0 Å². The summed E-state index contributed by atoms with van der Waals surface area (Å²) in [7, 11) is 0. The van der Waals surface area contributed by atoms with Crippen LogP contribution in [0.2, 0.25) is 0 Å². The van der Waals surface area contributed by atoms with E-state index in [0.29, 0.717) is 23.3 Å². The van der Waals surface area contributed by atoms with Crippen LogP contribution in [-0.2, 0) is 4.79 Å². The molecule has 4 heterocycles. The second kappa shape index (κ2) is 7.19. The number of aryl methyl sites for hydroxylation is 1. The SMILES string of the molecule is Cc1cc(=O)n2[nH]c([C@@H]3CCCN3C(=O)[C@@H](C)n3ncc4ccccc4c3=O)cc2n1. The van der Waals surface area contributed by atoms with Crippen LogP contribution in [0.3, 0.4) is 0 Å². The highest BCUT2D eigenvalue weighted by atomic mass is 16.2. The number of nitrogens with one attached hydrogen (secondary N) is 1. The number of fused-ring (bicyclic) bond motifs is 2. The molecule has 1 aliphatic rings. The first kappa shape index (κ1) is 19.2. The molecule has 0 aliphatic carbocycles. The minimum atomic E-state index is -0.745. The van der Waals surface area contributed by atoms with Crippen LogP contribution in [-0.4, -0.2) is 41.7 Å². The summed E-state index contributed by atoms with van der Waals surface area (Å²) in [6.07, 6.45) is 3.21. The van der Waals surface area contributed by atoms with E-state index in [4.69, 9.17) is 0 Å². The van der Waals surface area contributed by atoms with Gasteiger partial charge in [0.1, 0.15) is 6.04 Å². The van der Waals surface area contributed by atoms with Crippen LogP contribution in [0, 0.1) is 6.92 Å². The molecule has 2 atom stereocenters. The van der Waals surface area contributed by atoms with Crippen LogP contribution in [0.15, 0.2) is 52.2 Å². The monoisotopic (exact) mass is 418 g/mol. The summed E-state index contributed by atoms with van der Waals surface area (Å²) in [5.41, 5.74) is 1.45. The van der Waals surface area contributed by atoms with Gasteiger partial charge in [0, 0.05) is 29.8 Å². The smallest absolute Gasteiger partial charge is 0.275 e. The molecular weight excluding hydrogens is 396 g/mol. The first-order valence-electron chi connectivity index (χ1n) is 10.3. The molecule has 3 aromatic heterocycles. The van der Waals surface area contributed by atoms with E-state index in [2.05, 4.69) is 15.2 Å². The molecule has 31 heavy (non-hydrogen) atoms. The molecule has 1 N–H and O–H groups in total. The van der Waals surface area contributed by atoms with Crippen molar-refractivity contribution in [2.75, 3.05) is 6.54 Å². The van der Waals surface area contributed by atoms with Crippen LogP contribution in [0.5, 0.6) is 0 Å². The van der Waals surface area contributed by atoms with Crippen molar-refractivity contribution < 1.29 is 4.79 Å². The third-order valence-electron chi connectivity index (χ3n) is 5.94. The minimum Gasteiger partial charge on any atom is -0.332 e. The molecule has 4 aromatic rings. The Labute approximate surface area is 176 Å². The Morgan fingerprint density at radius 2 is 2.03 bits per heavy atom. The number of hydrogen-bond donors (Lipinski definition) is 1. The van der Waals surface area contributed by atoms with Crippen molar-refractivity contribution in [2.24, 2.45) is 0 Å². The third-order valence-corrected chi connectivity index (χ3v) is 5.94. The Morgan fingerprint density at radius 1 is 1.23 bits per heavy atom. The van der Waals surface area contributed by atoms with Gasteiger partial charge >= 0.3 is 0 Å². The molecule has 1 amide bonds. The van der Waals surface area contributed by atoms with Gasteiger partial charge in [0.05, 0.1) is 23.3 Å². The lowest BCUT2D eigenvalue weighted by molar-refractivity contribution is -0.135. The Bertz CT molecular complexity index is 1430. The fourth-order valence-electron chi connectivity index (χ4n) is 4.38. The topological polar surface area (TPSA) is 105 Å². The summed E-state index contributed by atoms with van der Waals surface area (Å²) < 4.78 is 2.64. The minimum absolute atomic E-state index is 0.178. The number of hydrogen-bond acceptors (Lipinski definition) is 5. The van der Waals surface area contributed by atoms with Gasteiger partial charge in [0.25, 0.3) is 11.1 Å². The van der Waals surface area contributed by atoms with Gasteiger partial charge < -0.3 is 4.90 Å². The normalized spacial score (nSPS) is 17.5. The van der Waals surface area contributed by atoms with Crippen LogP contribution in [0.4, 0.5) is 0 Å². The highest BCUT2D eigenvalue weighted by Crippen LogP contribution is 2.33. The summed E-state index contributed by atoms with van der Waals surface area (Å²) in [6.45, 7) is 4.05. The van der Waals surface area contributed by atoms with Gasteiger partial charge in [-0.2, -0.15) is 5.10 Å². The van der Waals surface area contributed by atoms with Crippen LogP contribution >= 0.6 is 0 Å². The van der Waals surface area contributed by atoms with E-state index in [9.17, 15) is 14.4 Å². The molecule has 1 saturated heterocycles. The summed E-state index contributed by atoms with van der Waals surface area (Å²) in [4.78, 5) is 44.7. The van der Waals surface area contributed by atoms with Crippen molar-refractivity contribution in [3.05, 3.63) is 74.7 Å². The zero-order valence-electron chi connectivity index (χ0n) is 17.3. The molecule has 1 aliphatic heterocycles. The predicted molar refractivity (Wildman–Crippen MR) is 115 cm³/mol. The molecule has 1 fully saturated rings. The Morgan fingerprint density at radius 3 is 2.87 bits per heavy atom. The van der Waals surface area contributed by atoms with Gasteiger partial charge in [-0.05, 0) is 32.8 Å². The first-order chi connectivity index (χ1) is 14.9. The largest absolute Gasteiger partial charge is 0.332 e. The number of rotatable bonds is 3. The molecule has 158 valence electrons. The van der Waals surface area contributed by atoms with Crippen LogP contribution < -0.4 is 11.1 Å². The van der Waals surface area contributed by atoms with E-state index in [-0.39, 0.29) is 23.1 Å². The summed E-state index contributed by atoms with van der Waals surface area (Å²) >= 11 is 0. The quantitative estimate of drug-likeness (QED) is 0.548. The molecule has 0 saturated carbocycles. The zero-order chi connectivity index (χ0) is 21.7. The van der Waals surface area contributed by atoms with E-state index in [1.807, 2.05) is 18.2 Å². The second-order valence-electron chi connectivity index (χ2n) is 7.99. The second-order valence-corrected chi connectivity index (χ2v) is 7.99. The summed E-state index contributed by atoms with van der Waals surface area (Å²) in [5.74, 6) is -0.178. The molecule has 0 unspecified atom stereocenters. The molecule has 0 bridgehead atoms. The van der Waals surface area contributed by atoms with Crippen LogP contribution in [0.1, 0.15) is 43.2 Å². The van der Waals surface area contributed by atoms with E-state index in [1.54, 1.807) is 37.1 Å². The highest BCUT2D eigenvalue weighted by Gasteiger charge is 2.35. The molecular formula is C22H22N6O3. The van der Waals surface area contributed by atoms with Gasteiger partial charge in [-0.1, -0.05) is 18.2 Å². The maximum Gasteiger partial charge on any atom is 0.275 e. The van der Waals surface area contributed by atoms with Crippen LogP contribution in [0.25, 0.3) is 16.4 Å². The number of H-pyrrole nitrogens is 1. The fraction of sp³-hybridized carbons (Fsp3) is 0.318. The Hall–Kier alpha value is -3.75. The molecule has 0 spiro atoms. The van der Waals surface area contributed by atoms with Gasteiger partial charge in [-0.15, -0.1) is 0 Å². The average Bonchev–Trinajstić information content (AvgIpc) is 3.40. The number of aromatic nitrogens is 5. The average molecular weight is 418 g/mol. The number of nitrogens with zero attached hydrogens (tertiary/aromatic N) is 5. The molecule has 5 rings (SSSR count). The van der Waals surface area contributed by atoms with E-state index in [0.717, 1.165) is 23.9 Å². The van der Waals surface area contributed by atoms with Crippen molar-refractivity contribution in [1.82, 2.24) is 29.3 Å². The molecule has 1 aromatic carbocycles. The number of amides is 1. The van der Waals surface area contributed by atoms with Gasteiger partial charge in [0.2, 0.25) is 5.91 Å². The summed E-state index contributed by atoms with van der Waals surface area (Å²) in [5, 5.41) is 8.62. The van der Waals surface area contributed by atoms with Crippen molar-refractivity contribution >= 4 is 22.3 Å². The predicted octanol–water partition coefficient (Wildman–Crippen LogP) is 1.97. The Kier molecular flexibility index (Phi) is 4.46. The lowest BCUT2D eigenvalue weighted by Gasteiger charge is -2.27. The van der Waals surface area contributed by atoms with E-state index >= 15 is 0 Å². The Balaban J connectivity index is 1.49. The zero-order valence-corrected chi connectivity index (χ0v) is 17.3. The lowest BCUT2D eigenvalue weighted by atomic mass is 10.1. The van der Waals surface area contributed by atoms with Gasteiger partial charge in [-0.25, -0.2) is 14.2 Å². The molecule has 9 heteroatoms. The molecule has 0 radical (unpaired) electrons. The number of aromatic amines is 1. The third kappa shape index (κ3) is 3.13. The lowest BCUT2D eigenvalue weighted by Crippen LogP contribution is -2.40. The van der Waals surface area contributed by atoms with Crippen molar-refractivity contribution in [2.45, 2.75) is 38.8 Å². The number of likely N-dealkylation sites (tertiary alicyclic amines) is 1. The molecule has 9 nitrogen and oxygen atoms in total. The van der Waals surface area contributed by atoms with Gasteiger partial charge in [0.15, 0.2) is 5.65 Å². The summed E-state index contributed by atoms with van der Waals surface area (Å²) in [6, 6.07) is 9.52. The maximum atomic E-state index is 13.4. The van der Waals surface area contributed by atoms with E-state index in [1.165, 1.54) is 15.3 Å². The number of carbonyl (C=O) groups excluding carboxylic acids is 1. The number of carbonyl (C=O) groups is 1. The first-order valence-corrected chi connectivity index (χ1v) is 10.3. The maximum absolute atomic E-state index is 13.4. The fourth-order valence-corrected chi connectivity index (χ4v) is 4.38. The van der Waals surface area contributed by atoms with E-state index < -0.39 is 6.04 Å². The van der Waals surface area contributed by atoms with Gasteiger partial charge in [-0.3, -0.25) is 19.5 Å². The van der Waals surface area contributed by atoms with Crippen molar-refractivity contribution in [1.29, 1.82) is 0 Å². The van der Waals surface area contributed by atoms with Crippen molar-refractivity contribution in [3.8, 4) is 0 Å². The standard InChI is InChI=1S/C22H22N6O3/c1-13-10-20(29)28-19(24-13)11-17(25-28)18-8-5-9-26(18)21(30)14(2)27-22(31)16-7-4-3-6-15(16)12-23-27/h3-4,6-7,10-12,14,18,25H,5,8-9H2,1-2H3/t14-,18+/m1/s1. The number of benzene rings is 1.